The monoisotopic (exact) mass is 413 g/mol. The van der Waals surface area contributed by atoms with E-state index in [2.05, 4.69) is 53.4 Å². The number of rotatable bonds is 4. The maximum atomic E-state index is 13.4. The largest absolute Gasteiger partial charge is 0.356 e. The minimum atomic E-state index is -0.142. The Morgan fingerprint density at radius 2 is 2.03 bits per heavy atom. The summed E-state index contributed by atoms with van der Waals surface area (Å²) >= 11 is 0. The summed E-state index contributed by atoms with van der Waals surface area (Å²) in [7, 11) is 2.01. The number of nitrogens with zero attached hydrogens (tertiary/aromatic N) is 4. The van der Waals surface area contributed by atoms with Gasteiger partial charge in [0.1, 0.15) is 17.7 Å². The van der Waals surface area contributed by atoms with Gasteiger partial charge in [0.25, 0.3) is 5.56 Å². The number of benzene rings is 1. The quantitative estimate of drug-likeness (QED) is 0.541. The Labute approximate surface area is 180 Å². The summed E-state index contributed by atoms with van der Waals surface area (Å²) in [6.45, 7) is 4.36. The van der Waals surface area contributed by atoms with Crippen molar-refractivity contribution in [3.63, 3.8) is 0 Å². The van der Waals surface area contributed by atoms with Gasteiger partial charge in [-0.1, -0.05) is 19.1 Å². The highest BCUT2D eigenvalue weighted by molar-refractivity contribution is 5.86. The molecule has 3 aromatic heterocycles. The molecule has 0 aliphatic heterocycles. The van der Waals surface area contributed by atoms with Gasteiger partial charge < -0.3 is 9.55 Å². The lowest BCUT2D eigenvalue weighted by Gasteiger charge is -2.46. The summed E-state index contributed by atoms with van der Waals surface area (Å²) < 4.78 is 3.87. The molecule has 3 heterocycles. The number of aryl methyl sites for hydroxylation is 2. The SMILES string of the molecule is Cc1c[nH]c2c(=O)n(-c3cccc(C4(c5nncn5C)CC(C)C4)c3)cc(C3CC3)c12. The molecule has 2 aliphatic rings. The fourth-order valence-electron chi connectivity index (χ4n) is 5.69. The van der Waals surface area contributed by atoms with E-state index >= 15 is 0 Å². The smallest absolute Gasteiger partial charge is 0.279 e. The Kier molecular flexibility index (Phi) is 3.86. The number of hydrogen-bond donors (Lipinski definition) is 1. The lowest BCUT2D eigenvalue weighted by molar-refractivity contribution is 0.185. The van der Waals surface area contributed by atoms with Gasteiger partial charge in [-0.25, -0.2) is 0 Å². The molecule has 4 aromatic rings. The van der Waals surface area contributed by atoms with Crippen molar-refractivity contribution in [3.05, 3.63) is 75.9 Å². The van der Waals surface area contributed by atoms with E-state index in [1.807, 2.05) is 28.4 Å². The van der Waals surface area contributed by atoms with Gasteiger partial charge in [-0.15, -0.1) is 10.2 Å². The van der Waals surface area contributed by atoms with E-state index in [0.717, 1.165) is 35.3 Å². The third-order valence-corrected chi connectivity index (χ3v) is 7.29. The average molecular weight is 414 g/mol. The molecule has 0 unspecified atom stereocenters. The van der Waals surface area contributed by atoms with Crippen molar-refractivity contribution in [1.29, 1.82) is 0 Å². The highest BCUT2D eigenvalue weighted by Crippen LogP contribution is 2.51. The zero-order valence-electron chi connectivity index (χ0n) is 18.2. The molecule has 0 bridgehead atoms. The summed E-state index contributed by atoms with van der Waals surface area (Å²) in [6.07, 6.45) is 10.3. The highest BCUT2D eigenvalue weighted by atomic mass is 16.1. The summed E-state index contributed by atoms with van der Waals surface area (Å²) in [4.78, 5) is 16.7. The first kappa shape index (κ1) is 18.6. The van der Waals surface area contributed by atoms with Crippen LogP contribution in [-0.4, -0.2) is 24.3 Å². The van der Waals surface area contributed by atoms with Crippen LogP contribution >= 0.6 is 0 Å². The Morgan fingerprint density at radius 1 is 1.23 bits per heavy atom. The molecule has 31 heavy (non-hydrogen) atoms. The van der Waals surface area contributed by atoms with Gasteiger partial charge in [-0.05, 0) is 73.3 Å². The van der Waals surface area contributed by atoms with Gasteiger partial charge in [0.05, 0.1) is 5.41 Å². The maximum Gasteiger partial charge on any atom is 0.279 e. The molecule has 158 valence electrons. The molecule has 2 aliphatic carbocycles. The topological polar surface area (TPSA) is 68.5 Å². The van der Waals surface area contributed by atoms with Crippen LogP contribution in [0.5, 0.6) is 0 Å². The summed E-state index contributed by atoms with van der Waals surface area (Å²) in [5.74, 6) is 2.21. The van der Waals surface area contributed by atoms with Gasteiger partial charge in [-0.2, -0.15) is 0 Å². The van der Waals surface area contributed by atoms with Crippen LogP contribution in [0.25, 0.3) is 16.6 Å². The molecule has 0 atom stereocenters. The Hall–Kier alpha value is -3.15. The molecule has 6 nitrogen and oxygen atoms in total. The van der Waals surface area contributed by atoms with Crippen molar-refractivity contribution in [2.75, 3.05) is 0 Å². The van der Waals surface area contributed by atoms with Crippen LogP contribution in [0.3, 0.4) is 0 Å². The standard InChI is InChI=1S/C25H27N5O/c1-15-10-25(11-15,24-28-27-14-29(24)3)18-5-4-6-19(9-18)30-13-20(17-7-8-17)21-16(2)12-26-22(21)23(30)31/h4-6,9,12-15,17,26H,7-8,10-11H2,1-3H3. The Balaban J connectivity index is 1.53. The van der Waals surface area contributed by atoms with Gasteiger partial charge in [-0.3, -0.25) is 9.36 Å². The minimum absolute atomic E-state index is 0.0133. The number of nitrogens with one attached hydrogen (secondary N) is 1. The Bertz CT molecular complexity index is 1360. The van der Waals surface area contributed by atoms with Gasteiger partial charge in [0, 0.05) is 30.5 Å². The van der Waals surface area contributed by atoms with Crippen molar-refractivity contribution < 1.29 is 0 Å². The van der Waals surface area contributed by atoms with Gasteiger partial charge in [0.15, 0.2) is 0 Å². The predicted octanol–water partition coefficient (Wildman–Crippen LogP) is 4.35. The third kappa shape index (κ3) is 2.67. The number of aromatic nitrogens is 5. The molecule has 0 amide bonds. The lowest BCUT2D eigenvalue weighted by Crippen LogP contribution is -2.43. The van der Waals surface area contributed by atoms with E-state index in [1.54, 1.807) is 6.33 Å². The molecule has 2 saturated carbocycles. The first-order valence-corrected chi connectivity index (χ1v) is 11.2. The van der Waals surface area contributed by atoms with Crippen LogP contribution < -0.4 is 5.56 Å². The van der Waals surface area contributed by atoms with Crippen LogP contribution in [0.15, 0.2) is 47.8 Å². The van der Waals surface area contributed by atoms with Crippen LogP contribution in [0.2, 0.25) is 0 Å². The second-order valence-electron chi connectivity index (χ2n) is 9.67. The molecule has 0 radical (unpaired) electrons. The fourth-order valence-corrected chi connectivity index (χ4v) is 5.69. The highest BCUT2D eigenvalue weighted by Gasteiger charge is 2.48. The summed E-state index contributed by atoms with van der Waals surface area (Å²) in [5, 5.41) is 9.73. The minimum Gasteiger partial charge on any atom is -0.356 e. The van der Waals surface area contributed by atoms with Crippen molar-refractivity contribution in [3.8, 4) is 5.69 Å². The number of pyridine rings is 1. The molecule has 6 rings (SSSR count). The second-order valence-corrected chi connectivity index (χ2v) is 9.67. The first-order valence-electron chi connectivity index (χ1n) is 11.2. The summed E-state index contributed by atoms with van der Waals surface area (Å²) in [6, 6.07) is 8.46. The number of hydrogen-bond acceptors (Lipinski definition) is 3. The van der Waals surface area contributed by atoms with Gasteiger partial charge >= 0.3 is 0 Å². The van der Waals surface area contributed by atoms with Crippen LogP contribution in [0.1, 0.15) is 61.0 Å². The number of fused-ring (bicyclic) bond motifs is 1. The van der Waals surface area contributed by atoms with Crippen LogP contribution in [0, 0.1) is 12.8 Å². The average Bonchev–Trinajstić information content (AvgIpc) is 3.39. The number of aromatic amines is 1. The van der Waals surface area contributed by atoms with E-state index in [4.69, 9.17) is 0 Å². The van der Waals surface area contributed by atoms with Crippen molar-refractivity contribution >= 4 is 10.9 Å². The molecule has 1 N–H and O–H groups in total. The molecule has 1 aromatic carbocycles. The second kappa shape index (κ2) is 6.42. The van der Waals surface area contributed by atoms with Crippen molar-refractivity contribution in [2.45, 2.75) is 50.9 Å². The van der Waals surface area contributed by atoms with E-state index in [0.29, 0.717) is 17.4 Å². The van der Waals surface area contributed by atoms with E-state index < -0.39 is 0 Å². The van der Waals surface area contributed by atoms with Crippen LogP contribution in [-0.2, 0) is 12.5 Å². The van der Waals surface area contributed by atoms with Crippen molar-refractivity contribution in [2.24, 2.45) is 13.0 Å². The van der Waals surface area contributed by atoms with Gasteiger partial charge in [0.2, 0.25) is 0 Å². The van der Waals surface area contributed by atoms with Crippen molar-refractivity contribution in [1.82, 2.24) is 24.3 Å². The molecule has 6 heteroatoms. The normalized spacial score (nSPS) is 23.3. The molecule has 2 fully saturated rings. The molecule has 0 spiro atoms. The van der Waals surface area contributed by atoms with E-state index in [1.165, 1.54) is 24.0 Å². The number of H-pyrrole nitrogens is 1. The van der Waals surface area contributed by atoms with Crippen LogP contribution in [0.4, 0.5) is 0 Å². The lowest BCUT2D eigenvalue weighted by atomic mass is 9.58. The molecular formula is C25H27N5O. The maximum absolute atomic E-state index is 13.4. The zero-order valence-corrected chi connectivity index (χ0v) is 18.2. The summed E-state index contributed by atoms with van der Waals surface area (Å²) in [5.41, 5.74) is 5.16. The van der Waals surface area contributed by atoms with E-state index in [9.17, 15) is 4.79 Å². The first-order chi connectivity index (χ1) is 15.0. The zero-order chi connectivity index (χ0) is 21.3. The molecular weight excluding hydrogens is 386 g/mol. The third-order valence-electron chi connectivity index (χ3n) is 7.29. The molecule has 0 saturated heterocycles. The van der Waals surface area contributed by atoms with E-state index in [-0.39, 0.29) is 11.0 Å². The predicted molar refractivity (Wildman–Crippen MR) is 121 cm³/mol. The Morgan fingerprint density at radius 3 is 2.71 bits per heavy atom. The fraction of sp³-hybridized carbons (Fsp3) is 0.400.